The van der Waals surface area contributed by atoms with Crippen molar-refractivity contribution in [3.05, 3.63) is 24.3 Å². The van der Waals surface area contributed by atoms with Gasteiger partial charge in [0.2, 0.25) is 5.95 Å². The van der Waals surface area contributed by atoms with Gasteiger partial charge < -0.3 is 14.7 Å². The van der Waals surface area contributed by atoms with Crippen LogP contribution in [0.2, 0.25) is 0 Å². The Morgan fingerprint density at radius 2 is 2.25 bits per heavy atom. The Bertz CT molecular complexity index is 606. The third kappa shape index (κ3) is 2.38. The number of aliphatic hydroxyl groups is 1. The van der Waals surface area contributed by atoms with E-state index in [1.165, 1.54) is 0 Å². The van der Waals surface area contributed by atoms with E-state index in [4.69, 9.17) is 10.6 Å². The Morgan fingerprint density at radius 3 is 3.05 bits per heavy atom. The molecule has 0 saturated carbocycles. The average Bonchev–Trinajstić information content (AvgIpc) is 2.53. The van der Waals surface area contributed by atoms with Crippen LogP contribution in [-0.2, 0) is 4.74 Å². The van der Waals surface area contributed by atoms with Gasteiger partial charge in [-0.25, -0.2) is 10.8 Å². The Morgan fingerprint density at radius 1 is 1.40 bits per heavy atom. The molecule has 7 heteroatoms. The monoisotopic (exact) mass is 275 g/mol. The first-order chi connectivity index (χ1) is 9.81. The molecule has 20 heavy (non-hydrogen) atoms. The van der Waals surface area contributed by atoms with Gasteiger partial charge in [-0.05, 0) is 12.1 Å². The number of aliphatic hydroxyl groups excluding tert-OH is 1. The molecule has 2 aromatic rings. The minimum atomic E-state index is -0.188. The van der Waals surface area contributed by atoms with Gasteiger partial charge in [-0.15, -0.1) is 0 Å². The van der Waals surface area contributed by atoms with Crippen molar-refractivity contribution < 1.29 is 9.84 Å². The van der Waals surface area contributed by atoms with E-state index in [2.05, 4.69) is 20.3 Å². The lowest BCUT2D eigenvalue weighted by Gasteiger charge is -2.33. The summed E-state index contributed by atoms with van der Waals surface area (Å²) in [7, 11) is 0. The number of nitrogen functional groups attached to an aromatic ring is 1. The molecule has 0 spiro atoms. The summed E-state index contributed by atoms with van der Waals surface area (Å²) in [6.45, 7) is 1.89. The van der Waals surface area contributed by atoms with Crippen molar-refractivity contribution in [1.82, 2.24) is 9.97 Å². The molecule has 0 radical (unpaired) electrons. The molecule has 1 atom stereocenters. The van der Waals surface area contributed by atoms with Crippen LogP contribution in [0.15, 0.2) is 24.3 Å². The number of nitrogens with two attached hydrogens (primary N) is 1. The van der Waals surface area contributed by atoms with Gasteiger partial charge in [-0.2, -0.15) is 4.98 Å². The second-order valence-corrected chi connectivity index (χ2v) is 4.65. The fourth-order valence-electron chi connectivity index (χ4n) is 2.39. The van der Waals surface area contributed by atoms with Gasteiger partial charge in [0.1, 0.15) is 5.82 Å². The first kappa shape index (κ1) is 13.0. The molecule has 1 aliphatic rings. The molecule has 1 saturated heterocycles. The van der Waals surface area contributed by atoms with Crippen molar-refractivity contribution in [2.75, 3.05) is 36.6 Å². The Balaban J connectivity index is 2.04. The number of fused-ring (bicyclic) bond motifs is 1. The molecular weight excluding hydrogens is 258 g/mol. The van der Waals surface area contributed by atoms with Crippen molar-refractivity contribution in [3.8, 4) is 0 Å². The maximum absolute atomic E-state index is 9.25. The summed E-state index contributed by atoms with van der Waals surface area (Å²) < 4.78 is 5.47. The Labute approximate surface area is 116 Å². The van der Waals surface area contributed by atoms with Crippen LogP contribution in [0.3, 0.4) is 0 Å². The zero-order chi connectivity index (χ0) is 13.9. The number of hydrogen-bond acceptors (Lipinski definition) is 7. The summed E-state index contributed by atoms with van der Waals surface area (Å²) in [6, 6.07) is 7.78. The zero-order valence-corrected chi connectivity index (χ0v) is 11.0. The molecular formula is C13H17N5O2. The molecule has 0 bridgehead atoms. The van der Waals surface area contributed by atoms with Gasteiger partial charge in [-0.3, -0.25) is 5.43 Å². The van der Waals surface area contributed by atoms with Crippen LogP contribution < -0.4 is 16.2 Å². The number of nitrogens with one attached hydrogen (secondary N) is 1. The molecule has 1 aliphatic heterocycles. The number of hydrogen-bond donors (Lipinski definition) is 3. The second-order valence-electron chi connectivity index (χ2n) is 4.65. The molecule has 3 rings (SSSR count). The summed E-state index contributed by atoms with van der Waals surface area (Å²) in [5.41, 5.74) is 3.33. The van der Waals surface area contributed by atoms with E-state index in [0.717, 1.165) is 23.3 Å². The van der Waals surface area contributed by atoms with E-state index in [0.29, 0.717) is 19.1 Å². The first-order valence-corrected chi connectivity index (χ1v) is 6.52. The van der Waals surface area contributed by atoms with Crippen molar-refractivity contribution >= 4 is 22.7 Å². The molecule has 1 aromatic heterocycles. The topological polar surface area (TPSA) is 96.5 Å². The highest BCUT2D eigenvalue weighted by Crippen LogP contribution is 2.26. The molecule has 2 heterocycles. The first-order valence-electron chi connectivity index (χ1n) is 6.52. The maximum Gasteiger partial charge on any atom is 0.239 e. The van der Waals surface area contributed by atoms with Crippen LogP contribution in [0.5, 0.6) is 0 Å². The van der Waals surface area contributed by atoms with Crippen molar-refractivity contribution in [1.29, 1.82) is 0 Å². The van der Waals surface area contributed by atoms with E-state index in [-0.39, 0.29) is 12.7 Å². The molecule has 0 amide bonds. The van der Waals surface area contributed by atoms with Gasteiger partial charge in [0.15, 0.2) is 0 Å². The summed E-state index contributed by atoms with van der Waals surface area (Å²) in [4.78, 5) is 10.9. The van der Waals surface area contributed by atoms with Gasteiger partial charge in [-0.1, -0.05) is 12.1 Å². The van der Waals surface area contributed by atoms with Gasteiger partial charge in [0.25, 0.3) is 0 Å². The lowest BCUT2D eigenvalue weighted by atomic mass is 10.2. The number of rotatable bonds is 3. The highest BCUT2D eigenvalue weighted by Gasteiger charge is 2.23. The third-order valence-electron chi connectivity index (χ3n) is 3.35. The highest BCUT2D eigenvalue weighted by atomic mass is 16.5. The van der Waals surface area contributed by atoms with Crippen LogP contribution in [0.1, 0.15) is 0 Å². The number of benzene rings is 1. The second kappa shape index (κ2) is 5.58. The minimum absolute atomic E-state index is 0.00150. The molecule has 1 aromatic carbocycles. The minimum Gasteiger partial charge on any atom is -0.394 e. The van der Waals surface area contributed by atoms with Crippen LogP contribution >= 0.6 is 0 Å². The molecule has 4 N–H and O–H groups in total. The van der Waals surface area contributed by atoms with E-state index in [9.17, 15) is 5.11 Å². The Kier molecular flexibility index (Phi) is 3.64. The normalized spacial score (nSPS) is 19.3. The quantitative estimate of drug-likeness (QED) is 0.540. The summed E-state index contributed by atoms with van der Waals surface area (Å²) >= 11 is 0. The van der Waals surface area contributed by atoms with Gasteiger partial charge in [0, 0.05) is 18.5 Å². The molecule has 1 fully saturated rings. The van der Waals surface area contributed by atoms with Crippen molar-refractivity contribution in [3.63, 3.8) is 0 Å². The van der Waals surface area contributed by atoms with Gasteiger partial charge in [0.05, 0.1) is 24.8 Å². The predicted octanol–water partition coefficient (Wildman–Crippen LogP) is 0.113. The molecule has 106 valence electrons. The number of morpholine rings is 1. The van der Waals surface area contributed by atoms with Crippen molar-refractivity contribution in [2.24, 2.45) is 5.84 Å². The standard InChI is InChI=1S/C13H17N5O2/c14-17-13-15-11-4-2-1-3-10(11)12(16-13)18-5-6-20-9(7-18)8-19/h1-4,9,19H,5-8,14H2,(H,15,16,17). The third-order valence-corrected chi connectivity index (χ3v) is 3.35. The number of ether oxygens (including phenoxy) is 1. The zero-order valence-electron chi connectivity index (χ0n) is 11.0. The number of anilines is 2. The van der Waals surface area contributed by atoms with E-state index in [1.807, 2.05) is 24.3 Å². The lowest BCUT2D eigenvalue weighted by Crippen LogP contribution is -2.44. The fourth-order valence-corrected chi connectivity index (χ4v) is 2.39. The number of hydrazine groups is 1. The van der Waals surface area contributed by atoms with Crippen LogP contribution in [0, 0.1) is 0 Å². The van der Waals surface area contributed by atoms with Crippen LogP contribution in [0.4, 0.5) is 11.8 Å². The fraction of sp³-hybridized carbons (Fsp3) is 0.385. The molecule has 0 aliphatic carbocycles. The van der Waals surface area contributed by atoms with E-state index < -0.39 is 0 Å². The largest absolute Gasteiger partial charge is 0.394 e. The van der Waals surface area contributed by atoms with Crippen molar-refractivity contribution in [2.45, 2.75) is 6.10 Å². The highest BCUT2D eigenvalue weighted by molar-refractivity contribution is 5.90. The molecule has 1 unspecified atom stereocenters. The van der Waals surface area contributed by atoms with Crippen LogP contribution in [-0.4, -0.2) is 47.5 Å². The van der Waals surface area contributed by atoms with Gasteiger partial charge >= 0.3 is 0 Å². The summed E-state index contributed by atoms with van der Waals surface area (Å²) in [5, 5.41) is 10.2. The number of para-hydroxylation sites is 1. The smallest absolute Gasteiger partial charge is 0.239 e. The maximum atomic E-state index is 9.25. The molecule has 7 nitrogen and oxygen atoms in total. The number of nitrogens with zero attached hydrogens (tertiary/aromatic N) is 3. The Hall–Kier alpha value is -1.96. The number of aromatic nitrogens is 2. The van der Waals surface area contributed by atoms with Crippen LogP contribution in [0.25, 0.3) is 10.9 Å². The van der Waals surface area contributed by atoms with E-state index in [1.54, 1.807) is 0 Å². The summed E-state index contributed by atoms with van der Waals surface area (Å²) in [5.74, 6) is 6.63. The average molecular weight is 275 g/mol. The van der Waals surface area contributed by atoms with E-state index >= 15 is 0 Å². The SMILES string of the molecule is NNc1nc(N2CCOC(CO)C2)c2ccccc2n1. The lowest BCUT2D eigenvalue weighted by molar-refractivity contribution is 0.00344. The predicted molar refractivity (Wildman–Crippen MR) is 76.4 cm³/mol. The summed E-state index contributed by atoms with van der Waals surface area (Å²) in [6.07, 6.45) is -0.188.